The van der Waals surface area contributed by atoms with E-state index < -0.39 is 0 Å². The lowest BCUT2D eigenvalue weighted by Crippen LogP contribution is -1.82. The molecule has 0 saturated heterocycles. The van der Waals surface area contributed by atoms with Crippen molar-refractivity contribution in [2.24, 2.45) is 0 Å². The van der Waals surface area contributed by atoms with Crippen molar-refractivity contribution in [2.75, 3.05) is 0 Å². The van der Waals surface area contributed by atoms with E-state index in [1.54, 1.807) is 0 Å². The van der Waals surface area contributed by atoms with Gasteiger partial charge in [-0.3, -0.25) is 4.79 Å². The van der Waals surface area contributed by atoms with Gasteiger partial charge >= 0.3 is 0 Å². The van der Waals surface area contributed by atoms with Gasteiger partial charge in [-0.25, -0.2) is 0 Å². The number of hydrogen-bond acceptors (Lipinski definition) is 1. The lowest BCUT2D eigenvalue weighted by atomic mass is 10.1. The Balaban J connectivity index is -0.000000109. The van der Waals surface area contributed by atoms with Crippen molar-refractivity contribution in [2.45, 2.75) is 28.7 Å². The molecule has 0 heterocycles. The van der Waals surface area contributed by atoms with Gasteiger partial charge in [-0.1, -0.05) is 75.0 Å². The first-order valence-corrected chi connectivity index (χ1v) is 5.26. The Morgan fingerprint density at radius 2 is 1.33 bits per heavy atom. The van der Waals surface area contributed by atoms with E-state index in [9.17, 15) is 4.79 Å². The van der Waals surface area contributed by atoms with Crippen LogP contribution in [-0.2, 0) is 0 Å². The van der Waals surface area contributed by atoms with Crippen LogP contribution in [-0.4, -0.2) is 6.29 Å². The lowest BCUT2D eigenvalue weighted by Gasteiger charge is -1.92. The Labute approximate surface area is 114 Å². The van der Waals surface area contributed by atoms with E-state index in [4.69, 9.17) is 0 Å². The van der Waals surface area contributed by atoms with Gasteiger partial charge in [0.15, 0.2) is 0 Å². The van der Waals surface area contributed by atoms with Crippen LogP contribution in [0.1, 0.15) is 39.2 Å². The molecule has 0 saturated carbocycles. The molecule has 1 heteroatoms. The van der Waals surface area contributed by atoms with E-state index in [-0.39, 0.29) is 17.7 Å². The van der Waals surface area contributed by atoms with E-state index in [1.165, 1.54) is 5.56 Å². The fourth-order valence-electron chi connectivity index (χ4n) is 1.25. The lowest BCUT2D eigenvalue weighted by molar-refractivity contribution is 0.112. The van der Waals surface area contributed by atoms with Crippen LogP contribution in [0.15, 0.2) is 54.6 Å². The van der Waals surface area contributed by atoms with Gasteiger partial charge in [0, 0.05) is 8.42 Å². The number of hydrogen-bond donors (Lipinski definition) is 0. The SMILES string of the molecule is C.C.Cc1ccccc1.Cc1ccccc1C=O.[2HH].[2HH]. The highest BCUT2D eigenvalue weighted by molar-refractivity contribution is 5.76. The summed E-state index contributed by atoms with van der Waals surface area (Å²) < 4.78 is 0. The van der Waals surface area contributed by atoms with Crippen molar-refractivity contribution in [3.8, 4) is 0 Å². The second-order valence-electron chi connectivity index (χ2n) is 3.63. The van der Waals surface area contributed by atoms with Gasteiger partial charge in [-0.05, 0) is 19.4 Å². The highest BCUT2D eigenvalue weighted by Gasteiger charge is 1.90. The van der Waals surface area contributed by atoms with Gasteiger partial charge in [-0.15, -0.1) is 0 Å². The first-order chi connectivity index (χ1) is 7.74. The second-order valence-corrected chi connectivity index (χ2v) is 3.63. The van der Waals surface area contributed by atoms with Crippen LogP contribution in [0.5, 0.6) is 0 Å². The van der Waals surface area contributed by atoms with E-state index in [0.717, 1.165) is 17.4 Å². The third-order valence-corrected chi connectivity index (χ3v) is 2.26. The van der Waals surface area contributed by atoms with Crippen LogP contribution >= 0.6 is 0 Å². The van der Waals surface area contributed by atoms with E-state index in [2.05, 4.69) is 19.1 Å². The summed E-state index contributed by atoms with van der Waals surface area (Å²) in [5, 5.41) is 0. The van der Waals surface area contributed by atoms with Crippen LogP contribution in [0.2, 0.25) is 0 Å². The molecule has 0 aliphatic carbocycles. The van der Waals surface area contributed by atoms with Crippen molar-refractivity contribution >= 4 is 6.29 Å². The van der Waals surface area contributed by atoms with E-state index in [1.807, 2.05) is 49.4 Å². The zero-order valence-electron chi connectivity index (χ0n) is 9.68. The van der Waals surface area contributed by atoms with Crippen LogP contribution < -0.4 is 0 Å². The van der Waals surface area contributed by atoms with E-state index in [0.29, 0.717) is 0 Å². The third-order valence-electron chi connectivity index (χ3n) is 2.26. The highest BCUT2D eigenvalue weighted by atomic mass is 16.1. The summed E-state index contributed by atoms with van der Waals surface area (Å²) in [6, 6.07) is 17.8. The van der Waals surface area contributed by atoms with Crippen molar-refractivity contribution in [1.29, 1.82) is 0 Å². The predicted molar refractivity (Wildman–Crippen MR) is 85.4 cm³/mol. The second kappa shape index (κ2) is 10.3. The molecular formula is C17H28O. The standard InChI is InChI=1S/C8H8O.C7H8.2CH4.2H2/c1-7-4-2-3-5-8(7)6-9;1-7-5-3-2-4-6-7;;;;/h2-6H,1H3;2-6H,1H3;2*1H4;2*1H/i;;;;2*1+1. The number of aryl methyl sites for hydroxylation is 2. The fraction of sp³-hybridized carbons (Fsp3) is 0.235. The summed E-state index contributed by atoms with van der Waals surface area (Å²) in [6.07, 6.45) is 0.870. The van der Waals surface area contributed by atoms with Crippen LogP contribution in [0.25, 0.3) is 0 Å². The minimum atomic E-state index is 0. The zero-order valence-corrected chi connectivity index (χ0v) is 9.68. The molecule has 0 unspecified atom stereocenters. The molecule has 102 valence electrons. The molecule has 0 fully saturated rings. The van der Waals surface area contributed by atoms with E-state index >= 15 is 0 Å². The predicted octanol–water partition coefficient (Wildman–Crippen LogP) is 5.57. The molecular weight excluding hydrogens is 220 g/mol. The molecule has 0 amide bonds. The minimum Gasteiger partial charge on any atom is -0.298 e. The topological polar surface area (TPSA) is 17.1 Å². The summed E-state index contributed by atoms with van der Waals surface area (Å²) >= 11 is 0. The Morgan fingerprint density at radius 3 is 1.67 bits per heavy atom. The first kappa shape index (κ1) is 18.5. The smallest absolute Gasteiger partial charge is 0.150 e. The molecule has 2 aromatic rings. The quantitative estimate of drug-likeness (QED) is 0.605. The summed E-state index contributed by atoms with van der Waals surface area (Å²) in [7, 11) is 0. The average Bonchev–Trinajstić information content (AvgIpc) is 2.31. The molecule has 0 aliphatic rings. The van der Waals surface area contributed by atoms with Gasteiger partial charge in [0.25, 0.3) is 0 Å². The maximum atomic E-state index is 10.2. The van der Waals surface area contributed by atoms with Crippen LogP contribution in [0.3, 0.4) is 0 Å². The number of benzene rings is 2. The van der Waals surface area contributed by atoms with Gasteiger partial charge < -0.3 is 0 Å². The number of aldehydes is 1. The Morgan fingerprint density at radius 1 is 0.833 bits per heavy atom. The molecule has 2 aromatic carbocycles. The van der Waals surface area contributed by atoms with Gasteiger partial charge in [0.05, 0.1) is 0 Å². The van der Waals surface area contributed by atoms with Gasteiger partial charge in [-0.2, -0.15) is 0 Å². The van der Waals surface area contributed by atoms with Crippen LogP contribution in [0, 0.1) is 13.8 Å². The normalized spacial score (nSPS) is 7.89. The zero-order chi connectivity index (χ0) is 11.8. The largest absolute Gasteiger partial charge is 0.298 e. The first-order valence-electron chi connectivity index (χ1n) is 5.26. The summed E-state index contributed by atoms with van der Waals surface area (Å²) in [5.41, 5.74) is 3.13. The molecule has 2 rings (SSSR count). The fourth-order valence-corrected chi connectivity index (χ4v) is 1.25. The monoisotopic (exact) mass is 250 g/mol. The Hall–Kier alpha value is -1.89. The minimum absolute atomic E-state index is 0. The third kappa shape index (κ3) is 6.64. The summed E-state index contributed by atoms with van der Waals surface area (Å²) in [5.74, 6) is 0. The van der Waals surface area contributed by atoms with Gasteiger partial charge in [0.2, 0.25) is 0 Å². The molecule has 0 aliphatic heterocycles. The maximum absolute atomic E-state index is 10.2. The molecule has 0 aromatic heterocycles. The number of rotatable bonds is 1. The van der Waals surface area contributed by atoms with Crippen molar-refractivity contribution < 1.29 is 7.65 Å². The highest BCUT2D eigenvalue weighted by Crippen LogP contribution is 2.02. The molecule has 0 N–H and O–H groups in total. The molecule has 0 radical (unpaired) electrons. The summed E-state index contributed by atoms with van der Waals surface area (Å²) in [6.45, 7) is 4.00. The molecule has 0 spiro atoms. The maximum Gasteiger partial charge on any atom is 0.150 e. The molecule has 1 nitrogen and oxygen atoms in total. The Kier molecular flexibility index (Phi) is 10.5. The molecule has 0 bridgehead atoms. The van der Waals surface area contributed by atoms with Gasteiger partial charge in [0.1, 0.15) is 6.29 Å². The summed E-state index contributed by atoms with van der Waals surface area (Å²) in [4.78, 5) is 10.2. The van der Waals surface area contributed by atoms with Crippen molar-refractivity contribution in [3.63, 3.8) is 0 Å². The number of carbonyl (C=O) groups excluding carboxylic acids is 1. The average molecular weight is 250 g/mol. The Bertz CT molecular complexity index is 442. The molecule has 0 atom stereocenters. The number of carbonyl (C=O) groups is 1. The van der Waals surface area contributed by atoms with Crippen molar-refractivity contribution in [1.82, 2.24) is 0 Å². The van der Waals surface area contributed by atoms with Crippen molar-refractivity contribution in [3.05, 3.63) is 71.3 Å². The van der Waals surface area contributed by atoms with Crippen LogP contribution in [0.4, 0.5) is 0 Å². The molecule has 18 heavy (non-hydrogen) atoms.